The Morgan fingerprint density at radius 1 is 1.05 bits per heavy atom. The van der Waals surface area contributed by atoms with Crippen molar-refractivity contribution in [3.63, 3.8) is 0 Å². The molecule has 2 heterocycles. The van der Waals surface area contributed by atoms with E-state index in [1.807, 2.05) is 29.6 Å². The van der Waals surface area contributed by atoms with Gasteiger partial charge in [0.1, 0.15) is 5.75 Å². The Bertz CT molecular complexity index is 682. The molecule has 2 aromatic heterocycles. The molecule has 19 heavy (non-hydrogen) atoms. The van der Waals surface area contributed by atoms with E-state index < -0.39 is 0 Å². The molecule has 0 spiro atoms. The van der Waals surface area contributed by atoms with Gasteiger partial charge in [-0.1, -0.05) is 12.1 Å². The van der Waals surface area contributed by atoms with Crippen molar-refractivity contribution in [1.29, 1.82) is 0 Å². The fourth-order valence-corrected chi connectivity index (χ4v) is 2.41. The number of pyridine rings is 1. The van der Waals surface area contributed by atoms with Crippen LogP contribution in [0.25, 0.3) is 11.3 Å². The summed E-state index contributed by atoms with van der Waals surface area (Å²) >= 11 is 1.49. The van der Waals surface area contributed by atoms with E-state index in [0.29, 0.717) is 5.69 Å². The number of rotatable bonds is 3. The Balaban J connectivity index is 1.85. The smallest absolute Gasteiger partial charge is 0.187 e. The number of anilines is 2. The van der Waals surface area contributed by atoms with E-state index in [9.17, 15) is 5.11 Å². The van der Waals surface area contributed by atoms with Crippen molar-refractivity contribution in [3.8, 4) is 17.0 Å². The molecule has 0 bridgehead atoms. The minimum atomic E-state index is 0.211. The van der Waals surface area contributed by atoms with Gasteiger partial charge >= 0.3 is 0 Å². The average Bonchev–Trinajstić information content (AvgIpc) is 2.91. The molecular formula is C14H11N3OS. The van der Waals surface area contributed by atoms with Gasteiger partial charge in [0.2, 0.25) is 0 Å². The second-order valence-electron chi connectivity index (χ2n) is 3.92. The maximum atomic E-state index is 9.70. The Kier molecular flexibility index (Phi) is 3.12. The van der Waals surface area contributed by atoms with Crippen molar-refractivity contribution in [2.24, 2.45) is 0 Å². The molecular weight excluding hydrogens is 258 g/mol. The van der Waals surface area contributed by atoms with Crippen LogP contribution in [0.2, 0.25) is 0 Å². The molecule has 4 nitrogen and oxygen atoms in total. The zero-order valence-corrected chi connectivity index (χ0v) is 10.8. The molecule has 5 heteroatoms. The minimum absolute atomic E-state index is 0.211. The lowest BCUT2D eigenvalue weighted by molar-refractivity contribution is 0.478. The Labute approximate surface area is 114 Å². The molecule has 0 saturated heterocycles. The van der Waals surface area contributed by atoms with Crippen LogP contribution in [0.4, 0.5) is 10.8 Å². The van der Waals surface area contributed by atoms with Gasteiger partial charge in [-0.05, 0) is 24.3 Å². The fourth-order valence-electron chi connectivity index (χ4n) is 1.68. The van der Waals surface area contributed by atoms with Crippen molar-refractivity contribution in [1.82, 2.24) is 9.97 Å². The number of aromatic nitrogens is 2. The van der Waals surface area contributed by atoms with Gasteiger partial charge < -0.3 is 10.4 Å². The van der Waals surface area contributed by atoms with Crippen molar-refractivity contribution in [3.05, 3.63) is 54.2 Å². The number of phenolic OH excluding ortho intramolecular Hbond substituents is 1. The van der Waals surface area contributed by atoms with E-state index in [1.165, 1.54) is 11.3 Å². The van der Waals surface area contributed by atoms with E-state index >= 15 is 0 Å². The summed E-state index contributed by atoms with van der Waals surface area (Å²) in [6, 6.07) is 10.9. The van der Waals surface area contributed by atoms with Crippen LogP contribution in [0.1, 0.15) is 0 Å². The van der Waals surface area contributed by atoms with Crippen LogP contribution >= 0.6 is 11.3 Å². The largest absolute Gasteiger partial charge is 0.506 e. The van der Waals surface area contributed by atoms with E-state index in [-0.39, 0.29) is 5.75 Å². The molecule has 1 aromatic carbocycles. The number of phenols is 1. The van der Waals surface area contributed by atoms with Gasteiger partial charge in [-0.3, -0.25) is 4.98 Å². The molecule has 2 N–H and O–H groups in total. The number of aromatic hydroxyl groups is 1. The SMILES string of the molecule is Oc1ccccc1Nc1nc(-c2ccncc2)cs1. The number of benzene rings is 1. The van der Waals surface area contributed by atoms with Crippen molar-refractivity contribution in [2.75, 3.05) is 5.32 Å². The molecule has 0 aliphatic rings. The third-order valence-electron chi connectivity index (χ3n) is 2.63. The maximum Gasteiger partial charge on any atom is 0.187 e. The molecule has 94 valence electrons. The molecule has 0 unspecified atom stereocenters. The topological polar surface area (TPSA) is 58.0 Å². The molecule has 3 rings (SSSR count). The standard InChI is InChI=1S/C14H11N3OS/c18-13-4-2-1-3-11(13)16-14-17-12(9-19-14)10-5-7-15-8-6-10/h1-9,18H,(H,16,17). The Morgan fingerprint density at radius 3 is 2.63 bits per heavy atom. The number of nitrogens with zero attached hydrogens (tertiary/aromatic N) is 2. The van der Waals surface area contributed by atoms with Crippen LogP contribution in [-0.4, -0.2) is 15.1 Å². The number of hydrogen-bond acceptors (Lipinski definition) is 5. The van der Waals surface area contributed by atoms with Crippen molar-refractivity contribution >= 4 is 22.2 Å². The lowest BCUT2D eigenvalue weighted by Crippen LogP contribution is -1.89. The van der Waals surface area contributed by atoms with Crippen LogP contribution in [0.3, 0.4) is 0 Å². The molecule has 0 saturated carbocycles. The van der Waals surface area contributed by atoms with Gasteiger partial charge in [0.05, 0.1) is 11.4 Å². The van der Waals surface area contributed by atoms with Crippen molar-refractivity contribution in [2.45, 2.75) is 0 Å². The fraction of sp³-hybridized carbons (Fsp3) is 0. The Morgan fingerprint density at radius 2 is 1.84 bits per heavy atom. The van der Waals surface area contributed by atoms with E-state index in [1.54, 1.807) is 24.5 Å². The first-order valence-electron chi connectivity index (χ1n) is 5.74. The monoisotopic (exact) mass is 269 g/mol. The Hall–Kier alpha value is -2.40. The molecule has 0 fully saturated rings. The highest BCUT2D eigenvalue weighted by atomic mass is 32.1. The summed E-state index contributed by atoms with van der Waals surface area (Å²) in [5.41, 5.74) is 2.57. The first-order valence-corrected chi connectivity index (χ1v) is 6.62. The first kappa shape index (κ1) is 11.7. The lowest BCUT2D eigenvalue weighted by Gasteiger charge is -2.04. The first-order chi connectivity index (χ1) is 9.33. The van der Waals surface area contributed by atoms with Gasteiger partial charge in [0, 0.05) is 23.3 Å². The number of thiazole rings is 1. The average molecular weight is 269 g/mol. The van der Waals surface area contributed by atoms with Gasteiger partial charge in [-0.15, -0.1) is 11.3 Å². The van der Waals surface area contributed by atoms with E-state index in [2.05, 4.69) is 15.3 Å². The second kappa shape index (κ2) is 5.07. The zero-order chi connectivity index (χ0) is 13.1. The predicted octanol–water partition coefficient (Wildman–Crippen LogP) is 3.65. The van der Waals surface area contributed by atoms with Crippen LogP contribution < -0.4 is 5.32 Å². The van der Waals surface area contributed by atoms with Crippen molar-refractivity contribution < 1.29 is 5.11 Å². The molecule has 0 aliphatic heterocycles. The molecule has 0 aliphatic carbocycles. The third kappa shape index (κ3) is 2.56. The number of nitrogens with one attached hydrogen (secondary N) is 1. The lowest BCUT2D eigenvalue weighted by atomic mass is 10.2. The summed E-state index contributed by atoms with van der Waals surface area (Å²) in [4.78, 5) is 8.47. The predicted molar refractivity (Wildman–Crippen MR) is 76.7 cm³/mol. The van der Waals surface area contributed by atoms with E-state index in [4.69, 9.17) is 0 Å². The van der Waals surface area contributed by atoms with Gasteiger partial charge in [0.15, 0.2) is 5.13 Å². The van der Waals surface area contributed by atoms with Gasteiger partial charge in [-0.2, -0.15) is 0 Å². The van der Waals surface area contributed by atoms with Crippen LogP contribution in [0.15, 0.2) is 54.2 Å². The molecule has 0 atom stereocenters. The summed E-state index contributed by atoms with van der Waals surface area (Å²) in [5, 5.41) is 15.5. The zero-order valence-electron chi connectivity index (χ0n) is 9.95. The summed E-state index contributed by atoms with van der Waals surface area (Å²) in [6.45, 7) is 0. The molecule has 3 aromatic rings. The summed E-state index contributed by atoms with van der Waals surface area (Å²) < 4.78 is 0. The second-order valence-corrected chi connectivity index (χ2v) is 4.77. The summed E-state index contributed by atoms with van der Waals surface area (Å²) in [7, 11) is 0. The highest BCUT2D eigenvalue weighted by Gasteiger charge is 2.06. The normalized spacial score (nSPS) is 10.3. The summed E-state index contributed by atoms with van der Waals surface area (Å²) in [5.74, 6) is 0.211. The number of hydrogen-bond donors (Lipinski definition) is 2. The third-order valence-corrected chi connectivity index (χ3v) is 3.38. The van der Waals surface area contributed by atoms with Crippen LogP contribution in [0, 0.1) is 0 Å². The number of para-hydroxylation sites is 2. The molecule has 0 radical (unpaired) electrons. The maximum absolute atomic E-state index is 9.70. The van der Waals surface area contributed by atoms with Gasteiger partial charge in [0.25, 0.3) is 0 Å². The quantitative estimate of drug-likeness (QED) is 0.712. The molecule has 0 amide bonds. The van der Waals surface area contributed by atoms with E-state index in [0.717, 1.165) is 16.4 Å². The highest BCUT2D eigenvalue weighted by Crippen LogP contribution is 2.30. The van der Waals surface area contributed by atoms with Crippen LogP contribution in [-0.2, 0) is 0 Å². The van der Waals surface area contributed by atoms with Gasteiger partial charge in [-0.25, -0.2) is 4.98 Å². The summed E-state index contributed by atoms with van der Waals surface area (Å²) in [6.07, 6.45) is 3.48. The minimum Gasteiger partial charge on any atom is -0.506 e. The van der Waals surface area contributed by atoms with Crippen LogP contribution in [0.5, 0.6) is 5.75 Å². The highest BCUT2D eigenvalue weighted by molar-refractivity contribution is 7.14.